The minimum absolute atomic E-state index is 0.531. The number of hydrogen-bond donors (Lipinski definition) is 1. The zero-order valence-corrected chi connectivity index (χ0v) is 10.0. The van der Waals surface area contributed by atoms with Gasteiger partial charge in [-0.15, -0.1) is 0 Å². The van der Waals surface area contributed by atoms with Crippen molar-refractivity contribution in [2.24, 2.45) is 5.73 Å². The van der Waals surface area contributed by atoms with Crippen LogP contribution in [0.1, 0.15) is 38.3 Å². The molecule has 0 radical (unpaired) electrons. The fourth-order valence-corrected chi connectivity index (χ4v) is 2.59. The summed E-state index contributed by atoms with van der Waals surface area (Å²) >= 11 is 0. The second-order valence-corrected chi connectivity index (χ2v) is 4.42. The van der Waals surface area contributed by atoms with E-state index in [1.54, 1.807) is 0 Å². The van der Waals surface area contributed by atoms with E-state index in [9.17, 15) is 0 Å². The summed E-state index contributed by atoms with van der Waals surface area (Å²) in [5.74, 6) is 0. The highest BCUT2D eigenvalue weighted by Gasteiger charge is 2.22. The average molecular weight is 219 g/mol. The van der Waals surface area contributed by atoms with Gasteiger partial charge in [-0.05, 0) is 37.8 Å². The van der Waals surface area contributed by atoms with Crippen LogP contribution < -0.4 is 10.6 Å². The lowest BCUT2D eigenvalue weighted by Crippen LogP contribution is -2.40. The molecular weight excluding hydrogens is 198 g/mol. The monoisotopic (exact) mass is 219 g/mol. The summed E-state index contributed by atoms with van der Waals surface area (Å²) in [6.07, 6.45) is 6.98. The summed E-state index contributed by atoms with van der Waals surface area (Å²) in [4.78, 5) is 6.87. The summed E-state index contributed by atoms with van der Waals surface area (Å²) < 4.78 is 0. The maximum atomic E-state index is 5.76. The Balaban J connectivity index is 2.26. The SMILES string of the molecule is CCC1CCCCN1c1cccnc1CN. The summed E-state index contributed by atoms with van der Waals surface area (Å²) in [5, 5.41) is 0. The van der Waals surface area contributed by atoms with Gasteiger partial charge in [0.2, 0.25) is 0 Å². The Bertz CT molecular complexity index is 338. The molecular formula is C13H21N3. The Morgan fingerprint density at radius 3 is 3.12 bits per heavy atom. The Kier molecular flexibility index (Phi) is 3.78. The van der Waals surface area contributed by atoms with Crippen molar-refractivity contribution in [2.75, 3.05) is 11.4 Å². The van der Waals surface area contributed by atoms with Gasteiger partial charge in [0.05, 0.1) is 11.4 Å². The van der Waals surface area contributed by atoms with Crippen LogP contribution in [0.25, 0.3) is 0 Å². The molecule has 88 valence electrons. The molecule has 1 atom stereocenters. The van der Waals surface area contributed by atoms with Crippen LogP contribution in [-0.4, -0.2) is 17.6 Å². The zero-order valence-electron chi connectivity index (χ0n) is 10.0. The first-order valence-electron chi connectivity index (χ1n) is 6.27. The molecule has 1 aliphatic rings. The highest BCUT2D eigenvalue weighted by molar-refractivity contribution is 5.51. The number of nitrogens with zero attached hydrogens (tertiary/aromatic N) is 2. The predicted octanol–water partition coefficient (Wildman–Crippen LogP) is 2.31. The van der Waals surface area contributed by atoms with Gasteiger partial charge >= 0.3 is 0 Å². The molecule has 2 rings (SSSR count). The third kappa shape index (κ3) is 2.19. The van der Waals surface area contributed by atoms with Crippen molar-refractivity contribution >= 4 is 5.69 Å². The van der Waals surface area contributed by atoms with Crippen molar-refractivity contribution in [2.45, 2.75) is 45.2 Å². The van der Waals surface area contributed by atoms with Gasteiger partial charge < -0.3 is 10.6 Å². The van der Waals surface area contributed by atoms with E-state index < -0.39 is 0 Å². The normalized spacial score (nSPS) is 21.1. The van der Waals surface area contributed by atoms with Crippen LogP contribution in [0, 0.1) is 0 Å². The summed E-state index contributed by atoms with van der Waals surface area (Å²) in [6.45, 7) is 3.95. The average Bonchev–Trinajstić information content (AvgIpc) is 2.38. The van der Waals surface area contributed by atoms with Crippen LogP contribution in [0.4, 0.5) is 5.69 Å². The minimum atomic E-state index is 0.531. The smallest absolute Gasteiger partial charge is 0.0772 e. The van der Waals surface area contributed by atoms with Crippen LogP contribution in [0.3, 0.4) is 0 Å². The maximum absolute atomic E-state index is 5.76. The van der Waals surface area contributed by atoms with Crippen LogP contribution in [-0.2, 0) is 6.54 Å². The molecule has 0 saturated carbocycles. The first kappa shape index (κ1) is 11.4. The van der Waals surface area contributed by atoms with Crippen LogP contribution in [0.15, 0.2) is 18.3 Å². The molecule has 1 aromatic rings. The van der Waals surface area contributed by atoms with E-state index in [1.165, 1.54) is 31.4 Å². The number of rotatable bonds is 3. The van der Waals surface area contributed by atoms with E-state index in [0.29, 0.717) is 12.6 Å². The number of nitrogens with two attached hydrogens (primary N) is 1. The Labute approximate surface area is 97.7 Å². The lowest BCUT2D eigenvalue weighted by Gasteiger charge is -2.37. The van der Waals surface area contributed by atoms with Gasteiger partial charge in [-0.3, -0.25) is 4.98 Å². The molecule has 0 bridgehead atoms. The standard InChI is InChI=1S/C13H21N3/c1-2-11-6-3-4-9-16(11)13-7-5-8-15-12(13)10-14/h5,7-8,11H,2-4,6,9-10,14H2,1H3. The van der Waals surface area contributed by atoms with E-state index in [1.807, 2.05) is 12.3 Å². The summed E-state index contributed by atoms with van der Waals surface area (Å²) in [7, 11) is 0. The van der Waals surface area contributed by atoms with Gasteiger partial charge in [0, 0.05) is 25.3 Å². The van der Waals surface area contributed by atoms with E-state index in [2.05, 4.69) is 22.9 Å². The molecule has 0 aliphatic carbocycles. The lowest BCUT2D eigenvalue weighted by molar-refractivity contribution is 0.448. The fraction of sp³-hybridized carbons (Fsp3) is 0.615. The second-order valence-electron chi connectivity index (χ2n) is 4.42. The van der Waals surface area contributed by atoms with Crippen LogP contribution in [0.2, 0.25) is 0 Å². The molecule has 1 aliphatic heterocycles. The number of aromatic nitrogens is 1. The zero-order chi connectivity index (χ0) is 11.4. The molecule has 3 nitrogen and oxygen atoms in total. The number of pyridine rings is 1. The molecule has 0 aromatic carbocycles. The van der Waals surface area contributed by atoms with Gasteiger partial charge in [0.25, 0.3) is 0 Å². The number of hydrogen-bond acceptors (Lipinski definition) is 3. The van der Waals surface area contributed by atoms with Crippen molar-refractivity contribution in [1.29, 1.82) is 0 Å². The van der Waals surface area contributed by atoms with E-state index >= 15 is 0 Å². The predicted molar refractivity (Wildman–Crippen MR) is 67.4 cm³/mol. The van der Waals surface area contributed by atoms with Crippen molar-refractivity contribution in [3.05, 3.63) is 24.0 Å². The molecule has 3 heteroatoms. The van der Waals surface area contributed by atoms with Crippen molar-refractivity contribution in [3.8, 4) is 0 Å². The van der Waals surface area contributed by atoms with Crippen molar-refractivity contribution < 1.29 is 0 Å². The Hall–Kier alpha value is -1.09. The van der Waals surface area contributed by atoms with E-state index in [0.717, 1.165) is 12.2 Å². The molecule has 1 saturated heterocycles. The highest BCUT2D eigenvalue weighted by atomic mass is 15.2. The largest absolute Gasteiger partial charge is 0.367 e. The highest BCUT2D eigenvalue weighted by Crippen LogP contribution is 2.28. The van der Waals surface area contributed by atoms with Gasteiger partial charge in [-0.25, -0.2) is 0 Å². The maximum Gasteiger partial charge on any atom is 0.0772 e. The van der Waals surface area contributed by atoms with E-state index in [4.69, 9.17) is 5.73 Å². The van der Waals surface area contributed by atoms with Gasteiger partial charge in [0.1, 0.15) is 0 Å². The molecule has 16 heavy (non-hydrogen) atoms. The summed E-state index contributed by atoms with van der Waals surface area (Å²) in [6, 6.07) is 4.84. The van der Waals surface area contributed by atoms with Crippen LogP contribution in [0.5, 0.6) is 0 Å². The topological polar surface area (TPSA) is 42.2 Å². The third-order valence-corrected chi connectivity index (χ3v) is 3.47. The Morgan fingerprint density at radius 1 is 1.50 bits per heavy atom. The molecule has 1 unspecified atom stereocenters. The molecule has 1 fully saturated rings. The molecule has 2 N–H and O–H groups in total. The second kappa shape index (κ2) is 5.30. The van der Waals surface area contributed by atoms with Crippen molar-refractivity contribution in [3.63, 3.8) is 0 Å². The lowest BCUT2D eigenvalue weighted by atomic mass is 9.99. The van der Waals surface area contributed by atoms with E-state index in [-0.39, 0.29) is 0 Å². The third-order valence-electron chi connectivity index (χ3n) is 3.47. The van der Waals surface area contributed by atoms with Gasteiger partial charge in [-0.2, -0.15) is 0 Å². The summed E-state index contributed by atoms with van der Waals surface area (Å²) in [5.41, 5.74) is 8.03. The minimum Gasteiger partial charge on any atom is -0.367 e. The number of anilines is 1. The first-order valence-corrected chi connectivity index (χ1v) is 6.27. The molecule has 0 amide bonds. The fourth-order valence-electron chi connectivity index (χ4n) is 2.59. The van der Waals surface area contributed by atoms with Crippen LogP contribution >= 0.6 is 0 Å². The molecule has 2 heterocycles. The quantitative estimate of drug-likeness (QED) is 0.848. The van der Waals surface area contributed by atoms with Crippen molar-refractivity contribution in [1.82, 2.24) is 4.98 Å². The molecule has 0 spiro atoms. The number of piperidine rings is 1. The van der Waals surface area contributed by atoms with Gasteiger partial charge in [0.15, 0.2) is 0 Å². The first-order chi connectivity index (χ1) is 7.86. The Morgan fingerprint density at radius 2 is 2.38 bits per heavy atom. The molecule has 1 aromatic heterocycles. The van der Waals surface area contributed by atoms with Gasteiger partial charge in [-0.1, -0.05) is 6.92 Å².